The van der Waals surface area contributed by atoms with Gasteiger partial charge in [-0.25, -0.2) is 9.59 Å². The highest BCUT2D eigenvalue weighted by molar-refractivity contribution is 5.92. The van der Waals surface area contributed by atoms with E-state index in [0.717, 1.165) is 24.8 Å². The number of amides is 3. The summed E-state index contributed by atoms with van der Waals surface area (Å²) in [5, 5.41) is 8.34. The Morgan fingerprint density at radius 2 is 1.49 bits per heavy atom. The zero-order valence-electron chi connectivity index (χ0n) is 30.4. The molecule has 0 aliphatic rings. The third kappa shape index (κ3) is 12.3. The van der Waals surface area contributed by atoms with Gasteiger partial charge in [-0.1, -0.05) is 56.2 Å². The molecule has 0 aliphatic carbocycles. The van der Waals surface area contributed by atoms with Crippen LogP contribution in [-0.4, -0.2) is 67.9 Å². The number of carbonyl (C=O) groups is 4. The Kier molecular flexibility index (Phi) is 14.7. The number of alkyl carbamates (subject to hydrolysis) is 1. The van der Waals surface area contributed by atoms with Crippen LogP contribution in [0.25, 0.3) is 11.1 Å². The first-order valence-electron chi connectivity index (χ1n) is 17.1. The van der Waals surface area contributed by atoms with Gasteiger partial charge in [0.2, 0.25) is 17.2 Å². The van der Waals surface area contributed by atoms with Gasteiger partial charge in [-0.2, -0.15) is 0 Å². The fourth-order valence-electron chi connectivity index (χ4n) is 5.12. The van der Waals surface area contributed by atoms with E-state index < -0.39 is 65.1 Å². The molecule has 276 valence electrons. The molecule has 0 aliphatic heterocycles. The van der Waals surface area contributed by atoms with Gasteiger partial charge >= 0.3 is 12.1 Å². The van der Waals surface area contributed by atoms with Gasteiger partial charge in [0, 0.05) is 24.9 Å². The van der Waals surface area contributed by atoms with Gasteiger partial charge in [-0.05, 0) is 64.3 Å². The third-order valence-corrected chi connectivity index (χ3v) is 7.55. The monoisotopic (exact) mass is 707 g/mol. The molecule has 0 bridgehead atoms. The van der Waals surface area contributed by atoms with Crippen molar-refractivity contribution in [3.8, 4) is 22.6 Å². The van der Waals surface area contributed by atoms with Crippen LogP contribution in [0.4, 0.5) is 4.79 Å². The topological polar surface area (TPSA) is 175 Å². The number of ether oxygens (including phenoxy) is 4. The first-order valence-corrected chi connectivity index (χ1v) is 17.1. The number of nitrogens with one attached hydrogen (secondary N) is 3. The number of unbranched alkanes of at least 4 members (excludes halogenated alkanes) is 2. The van der Waals surface area contributed by atoms with E-state index in [1.54, 1.807) is 46.8 Å². The van der Waals surface area contributed by atoms with Crippen molar-refractivity contribution in [3.05, 3.63) is 80.1 Å². The highest BCUT2D eigenvalue weighted by Gasteiger charge is 2.31. The SMILES string of the molecule is CCCCCNC(=O)C(Cc1ccc(OCC(=O)OC)c(-c2c(OC(C)C)c(=O)c2=O)c1)NC(=O)C(Cc1ccccc1)NC(=O)OC(C)(C)C. The quantitative estimate of drug-likeness (QED) is 0.100. The summed E-state index contributed by atoms with van der Waals surface area (Å²) in [6.07, 6.45) is 1.45. The Balaban J connectivity index is 2.00. The van der Waals surface area contributed by atoms with Crippen molar-refractivity contribution in [2.75, 3.05) is 20.3 Å². The second kappa shape index (κ2) is 18.7. The first kappa shape index (κ1) is 40.2. The number of rotatable bonds is 18. The van der Waals surface area contributed by atoms with Gasteiger partial charge in [-0.3, -0.25) is 19.2 Å². The van der Waals surface area contributed by atoms with E-state index in [0.29, 0.717) is 12.1 Å². The van der Waals surface area contributed by atoms with Gasteiger partial charge in [0.05, 0.1) is 18.8 Å². The van der Waals surface area contributed by atoms with Crippen LogP contribution >= 0.6 is 0 Å². The molecular weight excluding hydrogens is 658 g/mol. The summed E-state index contributed by atoms with van der Waals surface area (Å²) < 4.78 is 21.4. The maximum atomic E-state index is 13.9. The molecule has 0 spiro atoms. The minimum Gasteiger partial charge on any atom is -0.486 e. The summed E-state index contributed by atoms with van der Waals surface area (Å²) in [6, 6.07) is 11.6. The maximum Gasteiger partial charge on any atom is 0.408 e. The molecule has 3 aromatic rings. The van der Waals surface area contributed by atoms with Crippen molar-refractivity contribution in [1.29, 1.82) is 0 Å². The van der Waals surface area contributed by atoms with Crippen molar-refractivity contribution < 1.29 is 38.1 Å². The lowest BCUT2D eigenvalue weighted by Gasteiger charge is -2.26. The van der Waals surface area contributed by atoms with Gasteiger partial charge in [0.25, 0.3) is 5.43 Å². The zero-order chi connectivity index (χ0) is 37.7. The van der Waals surface area contributed by atoms with Crippen LogP contribution in [-0.2, 0) is 36.7 Å². The Bertz CT molecular complexity index is 1720. The van der Waals surface area contributed by atoms with E-state index >= 15 is 0 Å². The number of hydrogen-bond acceptors (Lipinski definition) is 10. The summed E-state index contributed by atoms with van der Waals surface area (Å²) in [6.45, 7) is 10.5. The van der Waals surface area contributed by atoms with Crippen LogP contribution in [0.5, 0.6) is 11.5 Å². The van der Waals surface area contributed by atoms with Crippen LogP contribution < -0.4 is 36.3 Å². The van der Waals surface area contributed by atoms with Crippen LogP contribution in [0, 0.1) is 0 Å². The average molecular weight is 708 g/mol. The average Bonchev–Trinajstić information content (AvgIpc) is 3.07. The number of esters is 1. The Hall–Kier alpha value is -5.20. The summed E-state index contributed by atoms with van der Waals surface area (Å²) in [4.78, 5) is 77.5. The molecule has 13 nitrogen and oxygen atoms in total. The number of methoxy groups -OCH3 is 1. The summed E-state index contributed by atoms with van der Waals surface area (Å²) in [5.41, 5.74) is -0.974. The fourth-order valence-corrected chi connectivity index (χ4v) is 5.12. The Labute approximate surface area is 298 Å². The molecule has 3 aromatic carbocycles. The van der Waals surface area contributed by atoms with Crippen molar-refractivity contribution in [3.63, 3.8) is 0 Å². The highest BCUT2D eigenvalue weighted by Crippen LogP contribution is 2.35. The second-order valence-electron chi connectivity index (χ2n) is 13.4. The van der Waals surface area contributed by atoms with E-state index in [9.17, 15) is 28.8 Å². The number of carbonyl (C=O) groups excluding carboxylic acids is 4. The lowest BCUT2D eigenvalue weighted by atomic mass is 9.94. The standard InChI is InChI=1S/C38H49N3O10/c1-8-9-13-18-39-35(45)27(40-36(46)28(20-24-14-11-10-12-15-24)41-37(47)51-38(4,5)6)21-25-16-17-29(49-22-30(42)48-7)26(19-25)31-32(43)33(44)34(31)50-23(2)3/h10-12,14-17,19,23,27-28H,8-9,13,18,20-22H2,1-7H3,(H,39,45)(H,40,46)(H,41,47). The summed E-state index contributed by atoms with van der Waals surface area (Å²) >= 11 is 0. The molecule has 0 saturated carbocycles. The van der Waals surface area contributed by atoms with Crippen LogP contribution in [0.15, 0.2) is 58.1 Å². The highest BCUT2D eigenvalue weighted by atomic mass is 16.6. The Morgan fingerprint density at radius 1 is 0.824 bits per heavy atom. The van der Waals surface area contributed by atoms with E-state index in [-0.39, 0.29) is 35.5 Å². The minimum atomic E-state index is -1.12. The van der Waals surface area contributed by atoms with E-state index in [1.165, 1.54) is 13.2 Å². The van der Waals surface area contributed by atoms with Crippen molar-refractivity contribution in [2.24, 2.45) is 0 Å². The molecule has 2 atom stereocenters. The van der Waals surface area contributed by atoms with Crippen LogP contribution in [0.1, 0.15) is 71.9 Å². The lowest BCUT2D eigenvalue weighted by Crippen LogP contribution is -2.55. The molecule has 0 aromatic heterocycles. The van der Waals surface area contributed by atoms with Crippen molar-refractivity contribution in [1.82, 2.24) is 16.0 Å². The molecule has 3 rings (SSSR count). The van der Waals surface area contributed by atoms with Crippen molar-refractivity contribution in [2.45, 2.75) is 97.4 Å². The molecule has 0 fully saturated rings. The second-order valence-corrected chi connectivity index (χ2v) is 13.4. The van der Waals surface area contributed by atoms with Crippen LogP contribution in [0.3, 0.4) is 0 Å². The van der Waals surface area contributed by atoms with Crippen LogP contribution in [0.2, 0.25) is 0 Å². The lowest BCUT2D eigenvalue weighted by molar-refractivity contribution is -0.142. The molecule has 0 radical (unpaired) electrons. The number of benzene rings is 2. The predicted molar refractivity (Wildman–Crippen MR) is 192 cm³/mol. The zero-order valence-corrected chi connectivity index (χ0v) is 30.4. The molecular formula is C38H49N3O10. The Morgan fingerprint density at radius 3 is 2.12 bits per heavy atom. The van der Waals surface area contributed by atoms with E-state index in [4.69, 9.17) is 14.2 Å². The minimum absolute atomic E-state index is 0.0236. The molecule has 0 saturated heterocycles. The smallest absolute Gasteiger partial charge is 0.408 e. The van der Waals surface area contributed by atoms with E-state index in [2.05, 4.69) is 20.7 Å². The normalized spacial score (nSPS) is 12.5. The molecule has 0 heterocycles. The molecule has 2 unspecified atom stereocenters. The van der Waals surface area contributed by atoms with Gasteiger partial charge < -0.3 is 34.9 Å². The first-order chi connectivity index (χ1) is 24.1. The molecule has 3 N–H and O–H groups in total. The molecule has 3 amide bonds. The maximum absolute atomic E-state index is 13.9. The molecule has 51 heavy (non-hydrogen) atoms. The van der Waals surface area contributed by atoms with Gasteiger partial charge in [-0.15, -0.1) is 0 Å². The third-order valence-electron chi connectivity index (χ3n) is 7.55. The van der Waals surface area contributed by atoms with E-state index in [1.807, 2.05) is 37.3 Å². The van der Waals surface area contributed by atoms with Gasteiger partial charge in [0.1, 0.15) is 23.4 Å². The fraction of sp³-hybridized carbons (Fsp3) is 0.474. The number of hydrogen-bond donors (Lipinski definition) is 3. The summed E-state index contributed by atoms with van der Waals surface area (Å²) in [5.74, 6) is -1.77. The van der Waals surface area contributed by atoms with Crippen molar-refractivity contribution >= 4 is 23.9 Å². The van der Waals surface area contributed by atoms with Gasteiger partial charge in [0.15, 0.2) is 12.4 Å². The largest absolute Gasteiger partial charge is 0.486 e. The molecule has 13 heteroatoms. The predicted octanol–water partition coefficient (Wildman–Crippen LogP) is 3.76. The summed E-state index contributed by atoms with van der Waals surface area (Å²) in [7, 11) is 1.20.